The van der Waals surface area contributed by atoms with Crippen molar-refractivity contribution in [2.24, 2.45) is 5.41 Å². The average Bonchev–Trinajstić information content (AvgIpc) is 2.69. The summed E-state index contributed by atoms with van der Waals surface area (Å²) in [5.74, 6) is 0. The van der Waals surface area contributed by atoms with E-state index in [-0.39, 0.29) is 11.5 Å². The molecule has 0 aromatic rings. The molecule has 0 fully saturated rings. The largest absolute Gasteiger partial charge is 0.393 e. The molecule has 0 radical (unpaired) electrons. The predicted molar refractivity (Wildman–Crippen MR) is 139 cm³/mol. The van der Waals surface area contributed by atoms with Crippen LogP contribution in [0.4, 0.5) is 0 Å². The lowest BCUT2D eigenvalue weighted by Crippen LogP contribution is -2.28. The van der Waals surface area contributed by atoms with Gasteiger partial charge in [0, 0.05) is 0 Å². The first-order chi connectivity index (χ1) is 15.0. The number of hydrogen-bond donors (Lipinski definition) is 1. The van der Waals surface area contributed by atoms with E-state index in [2.05, 4.69) is 71.1 Å². The molecule has 32 heavy (non-hydrogen) atoms. The molecule has 0 aliphatic heterocycles. The average molecular weight is 433 g/mol. The highest BCUT2D eigenvalue weighted by atomic mass is 16.3. The summed E-state index contributed by atoms with van der Waals surface area (Å²) in [6.07, 6.45) is 26.6. The number of allylic oxidation sites excluding steroid dienone is 17. The summed E-state index contributed by atoms with van der Waals surface area (Å²) in [5, 5.41) is 10.0. The van der Waals surface area contributed by atoms with Gasteiger partial charge < -0.3 is 5.11 Å². The van der Waals surface area contributed by atoms with Gasteiger partial charge in [0.05, 0.1) is 6.10 Å². The van der Waals surface area contributed by atoms with E-state index in [1.54, 1.807) is 13.0 Å². The van der Waals surface area contributed by atoms with Gasteiger partial charge >= 0.3 is 0 Å². The van der Waals surface area contributed by atoms with Gasteiger partial charge in [-0.1, -0.05) is 109 Å². The summed E-state index contributed by atoms with van der Waals surface area (Å²) in [5.41, 5.74) is 6.81. The smallest absolute Gasteiger partial charge is 0.145 e. The summed E-state index contributed by atoms with van der Waals surface area (Å²) in [7, 11) is 0. The Morgan fingerprint density at radius 2 is 1.28 bits per heavy atom. The molecule has 0 saturated heterocycles. The third kappa shape index (κ3) is 10.5. The van der Waals surface area contributed by atoms with Crippen LogP contribution >= 0.6 is 0 Å². The minimum Gasteiger partial charge on any atom is -0.393 e. The summed E-state index contributed by atoms with van der Waals surface area (Å²) in [4.78, 5) is 10.6. The lowest BCUT2D eigenvalue weighted by molar-refractivity contribution is -0.104. The zero-order chi connectivity index (χ0) is 24.1. The molecule has 1 N–H and O–H groups in total. The first-order valence-corrected chi connectivity index (χ1v) is 11.3. The van der Waals surface area contributed by atoms with Gasteiger partial charge in [-0.3, -0.25) is 4.79 Å². The molecule has 1 atom stereocenters. The Labute approximate surface area is 195 Å². The van der Waals surface area contributed by atoms with Crippen LogP contribution in [0.1, 0.15) is 61.3 Å². The van der Waals surface area contributed by atoms with Crippen molar-refractivity contribution in [2.45, 2.75) is 67.4 Å². The molecule has 1 aliphatic carbocycles. The van der Waals surface area contributed by atoms with Crippen molar-refractivity contribution in [2.75, 3.05) is 0 Å². The van der Waals surface area contributed by atoms with E-state index in [0.717, 1.165) is 24.7 Å². The number of rotatable bonds is 9. The SMILES string of the molecule is CC1=C(/C=C/C(C)=C/C=C/C(C)=C/C=C/C=C(C)/C=C/C=C(\C)C=O)C(C)(C)C[C@@H](O)C1. The fourth-order valence-electron chi connectivity index (χ4n) is 3.72. The Kier molecular flexibility index (Phi) is 11.7. The lowest BCUT2D eigenvalue weighted by Gasteiger charge is -2.35. The van der Waals surface area contributed by atoms with Crippen LogP contribution in [0, 0.1) is 5.41 Å². The van der Waals surface area contributed by atoms with Crippen molar-refractivity contribution in [1.29, 1.82) is 0 Å². The highest BCUT2D eigenvalue weighted by Crippen LogP contribution is 2.41. The van der Waals surface area contributed by atoms with Crippen molar-refractivity contribution in [3.05, 3.63) is 106 Å². The first-order valence-electron chi connectivity index (χ1n) is 11.3. The number of aliphatic hydroxyl groups is 1. The predicted octanol–water partition coefficient (Wildman–Crippen LogP) is 7.69. The van der Waals surface area contributed by atoms with E-state index >= 15 is 0 Å². The molecule has 0 spiro atoms. The van der Waals surface area contributed by atoms with Crippen molar-refractivity contribution >= 4 is 6.29 Å². The standard InChI is InChI=1S/C30H40O2/c1-23(12-8-9-13-24(2)15-11-17-26(4)22-31)14-10-16-25(3)18-19-29-27(5)20-28(32)21-30(29,6)7/h8-19,22,28,32H,20-21H2,1-7H3/b9-8+,14-10+,15-11+,19-18+,23-12+,24-13+,25-16+,26-17+/t28-/m0/s1. The van der Waals surface area contributed by atoms with Gasteiger partial charge in [-0.05, 0) is 64.0 Å². The molecule has 0 unspecified atom stereocenters. The van der Waals surface area contributed by atoms with Crippen LogP contribution in [0.5, 0.6) is 0 Å². The monoisotopic (exact) mass is 432 g/mol. The second kappa shape index (κ2) is 13.6. The minimum atomic E-state index is -0.226. The van der Waals surface area contributed by atoms with Gasteiger partial charge in [-0.25, -0.2) is 0 Å². The zero-order valence-corrected chi connectivity index (χ0v) is 20.9. The van der Waals surface area contributed by atoms with Gasteiger partial charge in [-0.15, -0.1) is 0 Å². The Morgan fingerprint density at radius 3 is 1.78 bits per heavy atom. The van der Waals surface area contributed by atoms with Crippen LogP contribution < -0.4 is 0 Å². The van der Waals surface area contributed by atoms with E-state index in [4.69, 9.17) is 0 Å². The Balaban J connectivity index is 2.68. The van der Waals surface area contributed by atoms with Gasteiger partial charge in [0.2, 0.25) is 0 Å². The highest BCUT2D eigenvalue weighted by molar-refractivity contribution is 5.72. The van der Waals surface area contributed by atoms with Crippen LogP contribution in [0.2, 0.25) is 0 Å². The lowest BCUT2D eigenvalue weighted by atomic mass is 9.71. The summed E-state index contributed by atoms with van der Waals surface area (Å²) in [6.45, 7) is 14.5. The number of aliphatic hydroxyl groups excluding tert-OH is 1. The molecular formula is C30H40O2. The molecule has 0 saturated carbocycles. The maximum Gasteiger partial charge on any atom is 0.145 e. The summed E-state index contributed by atoms with van der Waals surface area (Å²) < 4.78 is 0. The maximum absolute atomic E-state index is 10.6. The van der Waals surface area contributed by atoms with Crippen LogP contribution in [0.25, 0.3) is 0 Å². The molecule has 0 aromatic heterocycles. The third-order valence-corrected chi connectivity index (χ3v) is 5.44. The van der Waals surface area contributed by atoms with Crippen molar-refractivity contribution in [3.63, 3.8) is 0 Å². The number of carbonyl (C=O) groups excluding carboxylic acids is 1. The minimum absolute atomic E-state index is 0.00771. The topological polar surface area (TPSA) is 37.3 Å². The summed E-state index contributed by atoms with van der Waals surface area (Å²) >= 11 is 0. The number of aldehydes is 1. The third-order valence-electron chi connectivity index (χ3n) is 5.44. The summed E-state index contributed by atoms with van der Waals surface area (Å²) in [6, 6.07) is 0. The fourth-order valence-corrected chi connectivity index (χ4v) is 3.72. The second-order valence-corrected chi connectivity index (χ2v) is 9.34. The van der Waals surface area contributed by atoms with Crippen LogP contribution in [0.15, 0.2) is 106 Å². The normalized spacial score (nSPS) is 21.7. The van der Waals surface area contributed by atoms with Crippen LogP contribution in [0.3, 0.4) is 0 Å². The molecule has 1 aliphatic rings. The zero-order valence-electron chi connectivity index (χ0n) is 20.9. The van der Waals surface area contributed by atoms with E-state index in [9.17, 15) is 9.90 Å². The van der Waals surface area contributed by atoms with E-state index in [0.29, 0.717) is 5.57 Å². The van der Waals surface area contributed by atoms with Crippen molar-refractivity contribution in [1.82, 2.24) is 0 Å². The van der Waals surface area contributed by atoms with E-state index in [1.165, 1.54) is 22.3 Å². The van der Waals surface area contributed by atoms with Gasteiger partial charge in [-0.2, -0.15) is 0 Å². The van der Waals surface area contributed by atoms with Gasteiger partial charge in [0.15, 0.2) is 0 Å². The number of carbonyl (C=O) groups is 1. The van der Waals surface area contributed by atoms with Crippen LogP contribution in [-0.2, 0) is 4.79 Å². The molecule has 0 aromatic carbocycles. The molecule has 0 heterocycles. The molecule has 2 nitrogen and oxygen atoms in total. The second-order valence-electron chi connectivity index (χ2n) is 9.34. The van der Waals surface area contributed by atoms with Gasteiger partial charge in [0.1, 0.15) is 6.29 Å². The molecule has 1 rings (SSSR count). The van der Waals surface area contributed by atoms with Crippen LogP contribution in [-0.4, -0.2) is 17.5 Å². The molecule has 2 heteroatoms. The Bertz CT molecular complexity index is 922. The quantitative estimate of drug-likeness (QED) is 0.230. The Morgan fingerprint density at radius 1 is 0.812 bits per heavy atom. The maximum atomic E-state index is 10.6. The fraction of sp³-hybridized carbons (Fsp3) is 0.367. The molecule has 0 bridgehead atoms. The molecule has 0 amide bonds. The molecule has 172 valence electrons. The Hall–Kier alpha value is -2.71. The van der Waals surface area contributed by atoms with Crippen molar-refractivity contribution < 1.29 is 9.90 Å². The van der Waals surface area contributed by atoms with Crippen molar-refractivity contribution in [3.8, 4) is 0 Å². The number of hydrogen-bond acceptors (Lipinski definition) is 2. The first kappa shape index (κ1) is 27.3. The molecular weight excluding hydrogens is 392 g/mol. The van der Waals surface area contributed by atoms with Gasteiger partial charge in [0.25, 0.3) is 0 Å². The highest BCUT2D eigenvalue weighted by Gasteiger charge is 2.31. The van der Waals surface area contributed by atoms with E-state index < -0.39 is 0 Å². The van der Waals surface area contributed by atoms with E-state index in [1.807, 2.05) is 37.3 Å².